The molecule has 0 radical (unpaired) electrons. The van der Waals surface area contributed by atoms with Gasteiger partial charge in [-0.25, -0.2) is 4.39 Å². The smallest absolute Gasteiger partial charge is 0.229 e. The number of amides is 2. The molecule has 1 heterocycles. The van der Waals surface area contributed by atoms with Gasteiger partial charge in [0, 0.05) is 19.5 Å². The second-order valence-corrected chi connectivity index (χ2v) is 6.98. The van der Waals surface area contributed by atoms with Crippen molar-refractivity contribution >= 4 is 40.7 Å². The predicted molar refractivity (Wildman–Crippen MR) is 99.9 cm³/mol. The summed E-state index contributed by atoms with van der Waals surface area (Å²) in [5.74, 6) is -1.20. The van der Waals surface area contributed by atoms with Crippen LogP contribution in [0.5, 0.6) is 0 Å². The zero-order valence-corrected chi connectivity index (χ0v) is 15.4. The molecule has 26 heavy (non-hydrogen) atoms. The number of anilines is 1. The molecule has 2 aromatic carbocycles. The average molecular weight is 395 g/mol. The molecule has 3 rings (SSSR count). The monoisotopic (exact) mass is 394 g/mol. The van der Waals surface area contributed by atoms with E-state index in [9.17, 15) is 14.0 Å². The zero-order chi connectivity index (χ0) is 18.7. The largest absolute Gasteiger partial charge is 0.342 e. The Bertz CT molecular complexity index is 824. The van der Waals surface area contributed by atoms with E-state index in [1.54, 1.807) is 41.3 Å². The third kappa shape index (κ3) is 4.17. The lowest BCUT2D eigenvalue weighted by atomic mass is 10.1. The second-order valence-electron chi connectivity index (χ2n) is 6.17. The van der Waals surface area contributed by atoms with E-state index >= 15 is 0 Å². The number of halogens is 3. The summed E-state index contributed by atoms with van der Waals surface area (Å²) in [7, 11) is 0. The number of benzene rings is 2. The number of nitrogens with zero attached hydrogens (tertiary/aromatic N) is 1. The van der Waals surface area contributed by atoms with E-state index in [0.717, 1.165) is 0 Å². The quantitative estimate of drug-likeness (QED) is 0.827. The highest BCUT2D eigenvalue weighted by Crippen LogP contribution is 2.31. The van der Waals surface area contributed by atoms with Gasteiger partial charge in [-0.2, -0.15) is 0 Å². The molecular weight excluding hydrogens is 378 g/mol. The lowest BCUT2D eigenvalue weighted by Gasteiger charge is -2.17. The van der Waals surface area contributed by atoms with Crippen molar-refractivity contribution < 1.29 is 14.0 Å². The lowest BCUT2D eigenvalue weighted by Crippen LogP contribution is -2.30. The zero-order valence-electron chi connectivity index (χ0n) is 13.8. The molecular formula is C19H17Cl2FN2O2. The summed E-state index contributed by atoms with van der Waals surface area (Å²) in [6, 6.07) is 11.4. The van der Waals surface area contributed by atoms with Gasteiger partial charge in [0.15, 0.2) is 0 Å². The van der Waals surface area contributed by atoms with Crippen molar-refractivity contribution in [1.29, 1.82) is 0 Å². The number of carbonyl (C=O) groups excluding carboxylic acids is 2. The number of hydrogen-bond acceptors (Lipinski definition) is 2. The minimum Gasteiger partial charge on any atom is -0.342 e. The first-order valence-electron chi connectivity index (χ1n) is 8.21. The summed E-state index contributed by atoms with van der Waals surface area (Å²) in [6.07, 6.45) is 0.522. The number of likely N-dealkylation sites (tertiary alicyclic amines) is 1. The third-order valence-electron chi connectivity index (χ3n) is 4.41. The minimum absolute atomic E-state index is 0.116. The predicted octanol–water partition coefficient (Wildman–Crippen LogP) is 4.16. The molecule has 1 fully saturated rings. The van der Waals surface area contributed by atoms with Crippen molar-refractivity contribution in [2.45, 2.75) is 12.8 Å². The van der Waals surface area contributed by atoms with Crippen LogP contribution in [0.4, 0.5) is 10.1 Å². The van der Waals surface area contributed by atoms with Crippen molar-refractivity contribution in [1.82, 2.24) is 4.90 Å². The van der Waals surface area contributed by atoms with Crippen LogP contribution in [0.3, 0.4) is 0 Å². The van der Waals surface area contributed by atoms with Gasteiger partial charge in [0.1, 0.15) is 5.82 Å². The van der Waals surface area contributed by atoms with E-state index in [1.807, 2.05) is 0 Å². The van der Waals surface area contributed by atoms with Crippen LogP contribution in [0.2, 0.25) is 10.0 Å². The van der Waals surface area contributed by atoms with E-state index in [1.165, 1.54) is 6.07 Å². The standard InChI is InChI=1S/C19H17Cl2FN2O2/c20-14-5-3-6-15(21)18(14)23-19(26)13-10-17(25)24(11-13)9-8-12-4-1-2-7-16(12)22/h1-7,13H,8-11H2,(H,23,26). The molecule has 1 atom stereocenters. The van der Waals surface area contributed by atoms with Gasteiger partial charge in [-0.1, -0.05) is 47.5 Å². The Morgan fingerprint density at radius 1 is 1.15 bits per heavy atom. The third-order valence-corrected chi connectivity index (χ3v) is 5.04. The van der Waals surface area contributed by atoms with Gasteiger partial charge in [-0.05, 0) is 30.2 Å². The van der Waals surface area contributed by atoms with E-state index in [2.05, 4.69) is 5.32 Å². The fourth-order valence-corrected chi connectivity index (χ4v) is 3.45. The van der Waals surface area contributed by atoms with Crippen molar-refractivity contribution in [2.75, 3.05) is 18.4 Å². The summed E-state index contributed by atoms with van der Waals surface area (Å²) >= 11 is 12.1. The van der Waals surface area contributed by atoms with Crippen LogP contribution in [0.1, 0.15) is 12.0 Å². The average Bonchev–Trinajstić information content (AvgIpc) is 2.98. The molecule has 2 amide bonds. The van der Waals surface area contributed by atoms with E-state index in [-0.39, 0.29) is 24.1 Å². The maximum absolute atomic E-state index is 13.7. The Hall–Kier alpha value is -2.11. The summed E-state index contributed by atoms with van der Waals surface area (Å²) in [5.41, 5.74) is 0.897. The van der Waals surface area contributed by atoms with Gasteiger partial charge in [-0.15, -0.1) is 0 Å². The molecule has 1 aliphatic heterocycles. The van der Waals surface area contributed by atoms with Gasteiger partial charge >= 0.3 is 0 Å². The van der Waals surface area contributed by atoms with Crippen LogP contribution >= 0.6 is 23.2 Å². The molecule has 1 N–H and O–H groups in total. The Labute approximate surface area is 160 Å². The molecule has 0 aliphatic carbocycles. The van der Waals surface area contributed by atoms with Crippen LogP contribution in [0.15, 0.2) is 42.5 Å². The van der Waals surface area contributed by atoms with Gasteiger partial charge < -0.3 is 10.2 Å². The summed E-state index contributed by atoms with van der Waals surface area (Å²) in [4.78, 5) is 26.2. The first-order chi connectivity index (χ1) is 12.5. The van der Waals surface area contributed by atoms with Crippen molar-refractivity contribution in [3.63, 3.8) is 0 Å². The number of para-hydroxylation sites is 1. The van der Waals surface area contributed by atoms with Gasteiger partial charge in [0.05, 0.1) is 21.7 Å². The van der Waals surface area contributed by atoms with Crippen LogP contribution in [-0.4, -0.2) is 29.8 Å². The molecule has 1 unspecified atom stereocenters. The molecule has 2 aromatic rings. The summed E-state index contributed by atoms with van der Waals surface area (Å²) in [6.45, 7) is 0.664. The molecule has 0 saturated carbocycles. The number of carbonyl (C=O) groups is 2. The molecule has 136 valence electrons. The van der Waals surface area contributed by atoms with E-state index in [0.29, 0.717) is 40.8 Å². The maximum Gasteiger partial charge on any atom is 0.229 e. The SMILES string of the molecule is O=C(Nc1c(Cl)cccc1Cl)C1CC(=O)N(CCc2ccccc2F)C1. The number of hydrogen-bond donors (Lipinski definition) is 1. The van der Waals surface area contributed by atoms with Crippen LogP contribution in [0, 0.1) is 11.7 Å². The highest BCUT2D eigenvalue weighted by molar-refractivity contribution is 6.39. The maximum atomic E-state index is 13.7. The first-order valence-corrected chi connectivity index (χ1v) is 8.97. The highest BCUT2D eigenvalue weighted by Gasteiger charge is 2.34. The Morgan fingerprint density at radius 2 is 1.85 bits per heavy atom. The van der Waals surface area contributed by atoms with Crippen LogP contribution in [-0.2, 0) is 16.0 Å². The summed E-state index contributed by atoms with van der Waals surface area (Å²) < 4.78 is 13.7. The van der Waals surface area contributed by atoms with Crippen LogP contribution in [0.25, 0.3) is 0 Å². The van der Waals surface area contributed by atoms with Crippen molar-refractivity contribution in [3.05, 3.63) is 63.9 Å². The van der Waals surface area contributed by atoms with Gasteiger partial charge in [-0.3, -0.25) is 9.59 Å². The molecule has 0 aromatic heterocycles. The van der Waals surface area contributed by atoms with E-state index < -0.39 is 5.92 Å². The lowest BCUT2D eigenvalue weighted by molar-refractivity contribution is -0.128. The Kier molecular flexibility index (Phi) is 5.79. The summed E-state index contributed by atoms with van der Waals surface area (Å²) in [5, 5.41) is 3.38. The Balaban J connectivity index is 1.60. The number of nitrogens with one attached hydrogen (secondary N) is 1. The Morgan fingerprint density at radius 3 is 2.54 bits per heavy atom. The number of rotatable bonds is 5. The first kappa shape index (κ1) is 18.7. The van der Waals surface area contributed by atoms with Crippen molar-refractivity contribution in [2.24, 2.45) is 5.92 Å². The molecule has 0 bridgehead atoms. The molecule has 7 heteroatoms. The molecule has 1 saturated heterocycles. The topological polar surface area (TPSA) is 49.4 Å². The highest BCUT2D eigenvalue weighted by atomic mass is 35.5. The normalized spacial score (nSPS) is 16.8. The van der Waals surface area contributed by atoms with Crippen molar-refractivity contribution in [3.8, 4) is 0 Å². The molecule has 0 spiro atoms. The van der Waals surface area contributed by atoms with Crippen LogP contribution < -0.4 is 5.32 Å². The fourth-order valence-electron chi connectivity index (χ4n) is 2.96. The van der Waals surface area contributed by atoms with E-state index in [4.69, 9.17) is 23.2 Å². The molecule has 4 nitrogen and oxygen atoms in total. The minimum atomic E-state index is -0.490. The van der Waals surface area contributed by atoms with Gasteiger partial charge in [0.25, 0.3) is 0 Å². The fraction of sp³-hybridized carbons (Fsp3) is 0.263. The molecule has 1 aliphatic rings. The second kappa shape index (κ2) is 8.06. The van der Waals surface area contributed by atoms with Gasteiger partial charge in [0.2, 0.25) is 11.8 Å².